The molecule has 4 heteroatoms. The third kappa shape index (κ3) is 4.42. The first-order chi connectivity index (χ1) is 9.29. The standard InChI is InChI=1S/C15H20N2OS/c1-12-15(19-11-17-12)7-8-16-14(10-18)9-13-5-3-2-4-6-13/h2-6,11,14,16,18H,7-10H2,1H3. The maximum absolute atomic E-state index is 9.43. The van der Waals surface area contributed by atoms with Crippen molar-refractivity contribution in [2.75, 3.05) is 13.2 Å². The van der Waals surface area contributed by atoms with Crippen LogP contribution in [0.4, 0.5) is 0 Å². The summed E-state index contributed by atoms with van der Waals surface area (Å²) >= 11 is 1.70. The number of aliphatic hydroxyl groups excluding tert-OH is 1. The summed E-state index contributed by atoms with van der Waals surface area (Å²) in [4.78, 5) is 5.57. The predicted octanol–water partition coefficient (Wildman–Crippen LogP) is 2.19. The fourth-order valence-electron chi connectivity index (χ4n) is 2.06. The highest BCUT2D eigenvalue weighted by atomic mass is 32.1. The van der Waals surface area contributed by atoms with Gasteiger partial charge in [-0.3, -0.25) is 0 Å². The maximum Gasteiger partial charge on any atom is 0.0797 e. The smallest absolute Gasteiger partial charge is 0.0797 e. The summed E-state index contributed by atoms with van der Waals surface area (Å²) in [5.74, 6) is 0. The molecule has 3 nitrogen and oxygen atoms in total. The first kappa shape index (κ1) is 14.2. The lowest BCUT2D eigenvalue weighted by molar-refractivity contribution is 0.242. The number of nitrogens with zero attached hydrogens (tertiary/aromatic N) is 1. The number of aryl methyl sites for hydroxylation is 1. The van der Waals surface area contributed by atoms with Crippen LogP contribution in [-0.4, -0.2) is 29.3 Å². The minimum Gasteiger partial charge on any atom is -0.395 e. The van der Waals surface area contributed by atoms with Crippen LogP contribution in [-0.2, 0) is 12.8 Å². The Hall–Kier alpha value is -1.23. The molecule has 0 fully saturated rings. The highest BCUT2D eigenvalue weighted by molar-refractivity contribution is 7.09. The van der Waals surface area contributed by atoms with Crippen LogP contribution in [0.15, 0.2) is 35.8 Å². The molecule has 1 atom stereocenters. The Balaban J connectivity index is 1.78. The molecule has 1 aromatic carbocycles. The summed E-state index contributed by atoms with van der Waals surface area (Å²) in [6, 6.07) is 10.4. The van der Waals surface area contributed by atoms with Crippen molar-refractivity contribution in [1.82, 2.24) is 10.3 Å². The van der Waals surface area contributed by atoms with Crippen LogP contribution in [0.2, 0.25) is 0 Å². The molecular weight excluding hydrogens is 256 g/mol. The molecule has 1 aromatic heterocycles. The quantitative estimate of drug-likeness (QED) is 0.815. The molecule has 0 aliphatic carbocycles. The van der Waals surface area contributed by atoms with Gasteiger partial charge < -0.3 is 10.4 Å². The number of aliphatic hydroxyl groups is 1. The van der Waals surface area contributed by atoms with E-state index in [4.69, 9.17) is 0 Å². The van der Waals surface area contributed by atoms with E-state index in [2.05, 4.69) is 22.4 Å². The largest absolute Gasteiger partial charge is 0.395 e. The monoisotopic (exact) mass is 276 g/mol. The Labute approximate surface area is 118 Å². The van der Waals surface area contributed by atoms with Crippen molar-refractivity contribution < 1.29 is 5.11 Å². The fraction of sp³-hybridized carbons (Fsp3) is 0.400. The van der Waals surface area contributed by atoms with E-state index in [-0.39, 0.29) is 12.6 Å². The van der Waals surface area contributed by atoms with Crippen molar-refractivity contribution >= 4 is 11.3 Å². The van der Waals surface area contributed by atoms with Crippen LogP contribution in [0.1, 0.15) is 16.1 Å². The molecule has 0 saturated carbocycles. The third-order valence-electron chi connectivity index (χ3n) is 3.18. The summed E-state index contributed by atoms with van der Waals surface area (Å²) in [6.07, 6.45) is 1.83. The number of hydrogen-bond acceptors (Lipinski definition) is 4. The topological polar surface area (TPSA) is 45.2 Å². The second-order valence-electron chi connectivity index (χ2n) is 4.63. The van der Waals surface area contributed by atoms with E-state index in [1.807, 2.05) is 30.6 Å². The highest BCUT2D eigenvalue weighted by Crippen LogP contribution is 2.12. The second kappa shape index (κ2) is 7.38. The lowest BCUT2D eigenvalue weighted by atomic mass is 10.1. The minimum atomic E-state index is 0.121. The zero-order valence-corrected chi connectivity index (χ0v) is 12.0. The number of rotatable bonds is 7. The van der Waals surface area contributed by atoms with Gasteiger partial charge in [-0.05, 0) is 25.3 Å². The fourth-order valence-corrected chi connectivity index (χ4v) is 2.84. The highest BCUT2D eigenvalue weighted by Gasteiger charge is 2.08. The van der Waals surface area contributed by atoms with Crippen molar-refractivity contribution in [2.45, 2.75) is 25.8 Å². The van der Waals surface area contributed by atoms with E-state index in [1.165, 1.54) is 10.4 Å². The second-order valence-corrected chi connectivity index (χ2v) is 5.57. The van der Waals surface area contributed by atoms with E-state index in [9.17, 15) is 5.11 Å². The summed E-state index contributed by atoms with van der Waals surface area (Å²) in [7, 11) is 0. The number of nitrogens with one attached hydrogen (secondary N) is 1. The summed E-state index contributed by atoms with van der Waals surface area (Å²) in [6.45, 7) is 3.08. The molecule has 0 aliphatic heterocycles. The van der Waals surface area contributed by atoms with Gasteiger partial charge in [0.1, 0.15) is 0 Å². The first-order valence-electron chi connectivity index (χ1n) is 6.56. The Morgan fingerprint density at radius 2 is 2.11 bits per heavy atom. The van der Waals surface area contributed by atoms with Crippen molar-refractivity contribution in [3.8, 4) is 0 Å². The Kier molecular flexibility index (Phi) is 5.51. The summed E-state index contributed by atoms with van der Waals surface area (Å²) in [5, 5.41) is 12.8. The molecular formula is C15H20N2OS. The van der Waals surface area contributed by atoms with Gasteiger partial charge in [0.05, 0.1) is 17.8 Å². The molecule has 0 radical (unpaired) electrons. The zero-order valence-electron chi connectivity index (χ0n) is 11.2. The van der Waals surface area contributed by atoms with Crippen LogP contribution >= 0.6 is 11.3 Å². The molecule has 1 unspecified atom stereocenters. The molecule has 19 heavy (non-hydrogen) atoms. The summed E-state index contributed by atoms with van der Waals surface area (Å²) in [5.41, 5.74) is 4.26. The van der Waals surface area contributed by atoms with Crippen molar-refractivity contribution in [3.63, 3.8) is 0 Å². The normalized spacial score (nSPS) is 12.5. The van der Waals surface area contributed by atoms with Gasteiger partial charge in [0.15, 0.2) is 0 Å². The average molecular weight is 276 g/mol. The Bertz CT molecular complexity index is 484. The Morgan fingerprint density at radius 3 is 2.74 bits per heavy atom. The molecule has 0 aliphatic rings. The predicted molar refractivity (Wildman–Crippen MR) is 79.6 cm³/mol. The molecule has 0 bridgehead atoms. The lowest BCUT2D eigenvalue weighted by Crippen LogP contribution is -2.35. The van der Waals surface area contributed by atoms with Crippen molar-refractivity contribution in [2.24, 2.45) is 0 Å². The molecule has 2 rings (SSSR count). The molecule has 2 N–H and O–H groups in total. The number of hydrogen-bond donors (Lipinski definition) is 2. The third-order valence-corrected chi connectivity index (χ3v) is 4.17. The number of benzene rings is 1. The van der Waals surface area contributed by atoms with Gasteiger partial charge in [0.2, 0.25) is 0 Å². The average Bonchev–Trinajstić information content (AvgIpc) is 2.84. The van der Waals surface area contributed by atoms with Crippen molar-refractivity contribution in [1.29, 1.82) is 0 Å². The van der Waals surface area contributed by atoms with Gasteiger partial charge in [-0.2, -0.15) is 0 Å². The summed E-state index contributed by atoms with van der Waals surface area (Å²) < 4.78 is 0. The van der Waals surface area contributed by atoms with Gasteiger partial charge in [-0.1, -0.05) is 30.3 Å². The lowest BCUT2D eigenvalue weighted by Gasteiger charge is -2.16. The van der Waals surface area contributed by atoms with Gasteiger partial charge in [-0.15, -0.1) is 11.3 Å². The maximum atomic E-state index is 9.43. The molecule has 102 valence electrons. The first-order valence-corrected chi connectivity index (χ1v) is 7.44. The minimum absolute atomic E-state index is 0.121. The van der Waals surface area contributed by atoms with Crippen LogP contribution in [0, 0.1) is 6.92 Å². The van der Waals surface area contributed by atoms with Gasteiger partial charge in [0, 0.05) is 17.5 Å². The number of aromatic nitrogens is 1. The zero-order chi connectivity index (χ0) is 13.5. The SMILES string of the molecule is Cc1ncsc1CCNC(CO)Cc1ccccc1. The van der Waals surface area contributed by atoms with E-state index < -0.39 is 0 Å². The van der Waals surface area contributed by atoms with E-state index >= 15 is 0 Å². The van der Waals surface area contributed by atoms with Gasteiger partial charge in [-0.25, -0.2) is 4.98 Å². The van der Waals surface area contributed by atoms with Crippen LogP contribution in [0.5, 0.6) is 0 Å². The molecule has 0 saturated heterocycles. The molecule has 0 spiro atoms. The van der Waals surface area contributed by atoms with Crippen LogP contribution < -0.4 is 5.32 Å². The molecule has 0 amide bonds. The van der Waals surface area contributed by atoms with Crippen LogP contribution in [0.3, 0.4) is 0 Å². The number of thiazole rings is 1. The van der Waals surface area contributed by atoms with E-state index in [1.54, 1.807) is 11.3 Å². The molecule has 2 aromatic rings. The van der Waals surface area contributed by atoms with E-state index in [0.29, 0.717) is 0 Å². The van der Waals surface area contributed by atoms with Crippen molar-refractivity contribution in [3.05, 3.63) is 52.0 Å². The molecule has 1 heterocycles. The Morgan fingerprint density at radius 1 is 1.32 bits per heavy atom. The van der Waals surface area contributed by atoms with Gasteiger partial charge >= 0.3 is 0 Å². The van der Waals surface area contributed by atoms with Crippen LogP contribution in [0.25, 0.3) is 0 Å². The van der Waals surface area contributed by atoms with Gasteiger partial charge in [0.25, 0.3) is 0 Å². The van der Waals surface area contributed by atoms with E-state index in [0.717, 1.165) is 25.1 Å².